The van der Waals surface area contributed by atoms with E-state index in [1.54, 1.807) is 27.9 Å². The average Bonchev–Trinajstić information content (AvgIpc) is 3.01. The number of hydrogen-bond donors (Lipinski definition) is 0. The number of carbonyl (C=O) groups excluding carboxylic acids is 1. The van der Waals surface area contributed by atoms with Crippen molar-refractivity contribution in [2.75, 3.05) is 31.1 Å². The number of anilines is 1. The van der Waals surface area contributed by atoms with Gasteiger partial charge in [0.25, 0.3) is 0 Å². The van der Waals surface area contributed by atoms with E-state index in [0.717, 1.165) is 12.8 Å². The Hall–Kier alpha value is -4.41. The Morgan fingerprint density at radius 3 is 2.75 bits per heavy atom. The number of aromatic nitrogens is 3. The summed E-state index contributed by atoms with van der Waals surface area (Å²) in [5.41, 5.74) is -1.69. The summed E-state index contributed by atoms with van der Waals surface area (Å²) in [6, 6.07) is 5.41. The van der Waals surface area contributed by atoms with Crippen LogP contribution in [-0.4, -0.2) is 63.8 Å². The van der Waals surface area contributed by atoms with E-state index < -0.39 is 22.9 Å². The normalized spacial score (nSPS) is 23.4. The summed E-state index contributed by atoms with van der Waals surface area (Å²) in [6.45, 7) is 11.0. The van der Waals surface area contributed by atoms with Crippen LogP contribution in [0.1, 0.15) is 40.0 Å². The number of amides is 1. The van der Waals surface area contributed by atoms with Crippen LogP contribution in [0.2, 0.25) is 0 Å². The Balaban J connectivity index is 1.67. The van der Waals surface area contributed by atoms with Crippen LogP contribution in [-0.2, 0) is 10.3 Å². The fourth-order valence-corrected chi connectivity index (χ4v) is 6.91. The van der Waals surface area contributed by atoms with Crippen molar-refractivity contribution in [3.63, 3.8) is 0 Å². The lowest BCUT2D eigenvalue weighted by Gasteiger charge is -2.44. The van der Waals surface area contributed by atoms with Gasteiger partial charge in [0.1, 0.15) is 28.7 Å². The summed E-state index contributed by atoms with van der Waals surface area (Å²) < 4.78 is 39.2. The van der Waals surface area contributed by atoms with Crippen molar-refractivity contribution in [2.24, 2.45) is 16.8 Å². The number of ether oxygens (including phenoxy) is 1. The number of allylic oxidation sites excluding steroid dienone is 1. The number of rotatable bonds is 3. The molecule has 2 aromatic heterocycles. The Labute approximate surface area is 254 Å². The molecule has 6 rings (SSSR count). The van der Waals surface area contributed by atoms with Gasteiger partial charge in [0.2, 0.25) is 5.91 Å². The zero-order valence-electron chi connectivity index (χ0n) is 25.2. The number of aliphatic imine (C=N–C) groups is 1. The van der Waals surface area contributed by atoms with E-state index in [1.807, 2.05) is 31.7 Å². The number of halogens is 2. The fourth-order valence-electron chi connectivity index (χ4n) is 6.91. The number of benzene rings is 1. The lowest BCUT2D eigenvalue weighted by molar-refractivity contribution is -0.126. The molecule has 5 heterocycles. The van der Waals surface area contributed by atoms with Crippen LogP contribution in [0, 0.1) is 23.5 Å². The van der Waals surface area contributed by atoms with Crippen LogP contribution < -0.4 is 15.3 Å². The van der Waals surface area contributed by atoms with Crippen molar-refractivity contribution in [1.82, 2.24) is 19.4 Å². The minimum Gasteiger partial charge on any atom is -0.493 e. The van der Waals surface area contributed by atoms with E-state index in [9.17, 15) is 9.59 Å². The second kappa shape index (κ2) is 11.6. The number of pyridine rings is 1. The van der Waals surface area contributed by atoms with E-state index in [4.69, 9.17) is 9.72 Å². The van der Waals surface area contributed by atoms with E-state index in [2.05, 4.69) is 16.6 Å². The van der Waals surface area contributed by atoms with Crippen molar-refractivity contribution < 1.29 is 18.3 Å². The molecule has 3 atom stereocenters. The van der Waals surface area contributed by atoms with Gasteiger partial charge in [-0.2, -0.15) is 4.98 Å². The quantitative estimate of drug-likeness (QED) is 0.388. The fraction of sp³-hybridized carbons (Fsp3) is 0.424. The third-order valence-electron chi connectivity index (χ3n) is 9.16. The third kappa shape index (κ3) is 4.78. The van der Waals surface area contributed by atoms with Crippen molar-refractivity contribution >= 4 is 29.0 Å². The van der Waals surface area contributed by atoms with E-state index in [1.165, 1.54) is 24.3 Å². The minimum absolute atomic E-state index is 0.0965. The molecule has 0 aliphatic carbocycles. The monoisotopic (exact) mass is 602 g/mol. The van der Waals surface area contributed by atoms with Gasteiger partial charge in [-0.15, -0.1) is 0 Å². The van der Waals surface area contributed by atoms with Gasteiger partial charge in [-0.3, -0.25) is 14.4 Å². The Morgan fingerprint density at radius 1 is 1.18 bits per heavy atom. The van der Waals surface area contributed by atoms with Gasteiger partial charge >= 0.3 is 5.69 Å². The number of fused-ring (bicyclic) bond motifs is 5. The summed E-state index contributed by atoms with van der Waals surface area (Å²) in [5, 5.41) is 0.316. The van der Waals surface area contributed by atoms with Gasteiger partial charge in [0, 0.05) is 44.0 Å². The standard InChI is InChI=1S/C33H36F2N6O3/c1-5-27(42)39-14-15-40(21(4)18-39)30-23-17-25(35)29-28-24(34)10-8-11-26(28)44-16-7-6-9-22-12-13-36-19-33(22,20(2)3)41(31(23)37-29)32(43)38-30/h5,8,10-13,17,19-22H,1,6-7,9,14-16,18H2,2-4H3/t21-,22?,33?/m0/s1. The highest BCUT2D eigenvalue weighted by atomic mass is 19.1. The number of piperazine rings is 1. The molecule has 1 aromatic carbocycles. The second-order valence-corrected chi connectivity index (χ2v) is 12.0. The molecule has 230 valence electrons. The molecule has 2 bridgehead atoms. The number of nitrogens with zero attached hydrogens (tertiary/aromatic N) is 6. The molecule has 1 saturated heterocycles. The molecule has 0 N–H and O–H groups in total. The first-order chi connectivity index (χ1) is 21.2. The molecular weight excluding hydrogens is 566 g/mol. The Bertz CT molecular complexity index is 1750. The molecule has 1 fully saturated rings. The summed E-state index contributed by atoms with van der Waals surface area (Å²) in [4.78, 5) is 44.1. The van der Waals surface area contributed by atoms with Crippen LogP contribution in [0.25, 0.3) is 22.3 Å². The Kier molecular flexibility index (Phi) is 7.81. The van der Waals surface area contributed by atoms with Crippen LogP contribution in [0.5, 0.6) is 5.75 Å². The van der Waals surface area contributed by atoms with Crippen LogP contribution in [0.15, 0.2) is 59.0 Å². The summed E-state index contributed by atoms with van der Waals surface area (Å²) in [6.07, 6.45) is 8.97. The molecule has 44 heavy (non-hydrogen) atoms. The molecular formula is C33H36F2N6O3. The lowest BCUT2D eigenvalue weighted by atomic mass is 9.72. The molecule has 2 unspecified atom stereocenters. The molecule has 3 aliphatic heterocycles. The van der Waals surface area contributed by atoms with Gasteiger partial charge in [0.05, 0.1) is 23.1 Å². The van der Waals surface area contributed by atoms with Gasteiger partial charge in [-0.05, 0) is 56.4 Å². The first-order valence-electron chi connectivity index (χ1n) is 15.1. The molecule has 0 saturated carbocycles. The van der Waals surface area contributed by atoms with E-state index in [0.29, 0.717) is 38.0 Å². The van der Waals surface area contributed by atoms with Crippen molar-refractivity contribution in [1.29, 1.82) is 0 Å². The van der Waals surface area contributed by atoms with Crippen LogP contribution in [0.4, 0.5) is 14.6 Å². The molecule has 9 nitrogen and oxygen atoms in total. The highest BCUT2D eigenvalue weighted by Crippen LogP contribution is 2.42. The smallest absolute Gasteiger partial charge is 0.352 e. The highest BCUT2D eigenvalue weighted by molar-refractivity contribution is 5.92. The average molecular weight is 603 g/mol. The van der Waals surface area contributed by atoms with Crippen molar-refractivity contribution in [3.8, 4) is 17.0 Å². The minimum atomic E-state index is -0.967. The first kappa shape index (κ1) is 29.7. The van der Waals surface area contributed by atoms with Crippen molar-refractivity contribution in [3.05, 3.63) is 71.3 Å². The van der Waals surface area contributed by atoms with Gasteiger partial charge in [-0.1, -0.05) is 32.6 Å². The first-order valence-corrected chi connectivity index (χ1v) is 15.1. The maximum Gasteiger partial charge on any atom is 0.352 e. The van der Waals surface area contributed by atoms with Gasteiger partial charge < -0.3 is 14.5 Å². The zero-order chi connectivity index (χ0) is 31.2. The van der Waals surface area contributed by atoms with E-state index in [-0.39, 0.29) is 52.3 Å². The summed E-state index contributed by atoms with van der Waals surface area (Å²) in [7, 11) is 0. The largest absolute Gasteiger partial charge is 0.493 e. The molecule has 3 aromatic rings. The third-order valence-corrected chi connectivity index (χ3v) is 9.16. The lowest BCUT2D eigenvalue weighted by Crippen LogP contribution is -2.55. The summed E-state index contributed by atoms with van der Waals surface area (Å²) in [5.74, 6) is -1.45. The topological polar surface area (TPSA) is 92.9 Å². The van der Waals surface area contributed by atoms with Gasteiger partial charge in [-0.25, -0.2) is 18.6 Å². The maximum atomic E-state index is 16.2. The van der Waals surface area contributed by atoms with Crippen LogP contribution in [0.3, 0.4) is 0 Å². The SMILES string of the molecule is C=CC(=O)N1CCN(c2nc(=O)n3c4nc(c(F)cc24)-c2c(F)cccc2OCCCCC2C=CN=CC23C(C)C)[C@@H](C)C1. The second-order valence-electron chi connectivity index (χ2n) is 12.0. The zero-order valence-corrected chi connectivity index (χ0v) is 25.2. The highest BCUT2D eigenvalue weighted by Gasteiger charge is 2.45. The van der Waals surface area contributed by atoms with Crippen molar-refractivity contribution in [2.45, 2.75) is 51.6 Å². The maximum absolute atomic E-state index is 16.2. The predicted octanol–water partition coefficient (Wildman–Crippen LogP) is 5.09. The number of carbonyl (C=O) groups is 1. The predicted molar refractivity (Wildman–Crippen MR) is 166 cm³/mol. The summed E-state index contributed by atoms with van der Waals surface area (Å²) >= 11 is 0. The molecule has 3 aliphatic rings. The Morgan fingerprint density at radius 2 is 2.00 bits per heavy atom. The van der Waals surface area contributed by atoms with Crippen LogP contribution >= 0.6 is 0 Å². The number of hydrogen-bond acceptors (Lipinski definition) is 7. The van der Waals surface area contributed by atoms with E-state index >= 15 is 8.78 Å². The molecule has 0 radical (unpaired) electrons. The molecule has 11 heteroatoms. The van der Waals surface area contributed by atoms with Gasteiger partial charge in [0.15, 0.2) is 5.82 Å². The molecule has 1 amide bonds. The molecule has 0 spiro atoms.